The standard InChI is InChI=1S/C20H23N5O3S/c1-14-5-3-11-24(13-14)29(27,28)17-8-6-16(7-9-17)22-20(26)18-15(2)23-25-12-4-10-21-19(18)25/h4,6-10,12,14H,3,5,11,13H2,1-2H3,(H,22,26). The number of anilines is 1. The van der Waals surface area contributed by atoms with E-state index in [1.54, 1.807) is 46.3 Å². The summed E-state index contributed by atoms with van der Waals surface area (Å²) in [5, 5.41) is 7.09. The van der Waals surface area contributed by atoms with Gasteiger partial charge in [-0.2, -0.15) is 9.40 Å². The minimum absolute atomic E-state index is 0.235. The highest BCUT2D eigenvalue weighted by Crippen LogP contribution is 2.24. The Bertz CT molecular complexity index is 1150. The van der Waals surface area contributed by atoms with Gasteiger partial charge in [-0.25, -0.2) is 17.9 Å². The number of nitrogens with one attached hydrogen (secondary N) is 1. The third kappa shape index (κ3) is 3.75. The summed E-state index contributed by atoms with van der Waals surface area (Å²) in [7, 11) is -3.52. The first-order chi connectivity index (χ1) is 13.9. The van der Waals surface area contributed by atoms with Gasteiger partial charge in [0.1, 0.15) is 5.56 Å². The van der Waals surface area contributed by atoms with Gasteiger partial charge >= 0.3 is 0 Å². The first kappa shape index (κ1) is 19.5. The molecule has 1 amide bonds. The minimum Gasteiger partial charge on any atom is -0.322 e. The molecule has 1 aromatic carbocycles. The third-order valence-electron chi connectivity index (χ3n) is 5.17. The molecule has 9 heteroatoms. The molecular formula is C20H23N5O3S. The molecule has 0 bridgehead atoms. The SMILES string of the molecule is Cc1nn2cccnc2c1C(=O)Nc1ccc(S(=O)(=O)N2CCCC(C)C2)cc1. The Morgan fingerprint density at radius 1 is 1.24 bits per heavy atom. The Balaban J connectivity index is 1.54. The Labute approximate surface area is 169 Å². The first-order valence-electron chi connectivity index (χ1n) is 9.58. The van der Waals surface area contributed by atoms with Crippen LogP contribution in [0.3, 0.4) is 0 Å². The lowest BCUT2D eigenvalue weighted by Crippen LogP contribution is -2.39. The smallest absolute Gasteiger partial charge is 0.261 e. The van der Waals surface area contributed by atoms with Crippen LogP contribution in [0.25, 0.3) is 5.65 Å². The number of hydrogen-bond donors (Lipinski definition) is 1. The number of aryl methyl sites for hydroxylation is 1. The largest absolute Gasteiger partial charge is 0.322 e. The van der Waals surface area contributed by atoms with E-state index in [1.807, 2.05) is 0 Å². The van der Waals surface area contributed by atoms with Gasteiger partial charge in [-0.15, -0.1) is 0 Å². The first-order valence-corrected chi connectivity index (χ1v) is 11.0. The van der Waals surface area contributed by atoms with E-state index >= 15 is 0 Å². The highest BCUT2D eigenvalue weighted by molar-refractivity contribution is 7.89. The van der Waals surface area contributed by atoms with Crippen LogP contribution in [-0.4, -0.2) is 46.3 Å². The fourth-order valence-corrected chi connectivity index (χ4v) is 5.28. The molecular weight excluding hydrogens is 390 g/mol. The van der Waals surface area contributed by atoms with Crippen LogP contribution in [0.15, 0.2) is 47.6 Å². The van der Waals surface area contributed by atoms with Crippen molar-refractivity contribution in [2.45, 2.75) is 31.6 Å². The second-order valence-corrected chi connectivity index (χ2v) is 9.38. The zero-order valence-corrected chi connectivity index (χ0v) is 17.2. The van der Waals surface area contributed by atoms with Gasteiger partial charge in [0.05, 0.1) is 10.6 Å². The number of carbonyl (C=O) groups excluding carboxylic acids is 1. The van der Waals surface area contributed by atoms with Crippen molar-refractivity contribution in [3.05, 3.63) is 54.0 Å². The monoisotopic (exact) mass is 413 g/mol. The van der Waals surface area contributed by atoms with Crippen molar-refractivity contribution in [3.63, 3.8) is 0 Å². The number of amides is 1. The lowest BCUT2D eigenvalue weighted by molar-refractivity contribution is 0.102. The average molecular weight is 414 g/mol. The van der Waals surface area contributed by atoms with Crippen molar-refractivity contribution in [1.82, 2.24) is 18.9 Å². The lowest BCUT2D eigenvalue weighted by atomic mass is 10.0. The summed E-state index contributed by atoms with van der Waals surface area (Å²) < 4.78 is 28.8. The number of fused-ring (bicyclic) bond motifs is 1. The Hall–Kier alpha value is -2.78. The maximum absolute atomic E-state index is 12.9. The molecule has 8 nitrogen and oxygen atoms in total. The van der Waals surface area contributed by atoms with Gasteiger partial charge in [-0.05, 0) is 56.0 Å². The van der Waals surface area contributed by atoms with Crippen LogP contribution in [0.5, 0.6) is 0 Å². The number of benzene rings is 1. The zero-order chi connectivity index (χ0) is 20.6. The predicted octanol–water partition coefficient (Wildman–Crippen LogP) is 2.71. The molecule has 0 saturated carbocycles. The molecule has 3 aromatic rings. The Morgan fingerprint density at radius 3 is 2.72 bits per heavy atom. The number of sulfonamides is 1. The Morgan fingerprint density at radius 2 is 2.00 bits per heavy atom. The molecule has 152 valence electrons. The van der Waals surface area contributed by atoms with E-state index in [0.717, 1.165) is 12.8 Å². The summed E-state index contributed by atoms with van der Waals surface area (Å²) in [6.07, 6.45) is 5.26. The van der Waals surface area contributed by atoms with E-state index in [-0.39, 0.29) is 10.8 Å². The summed E-state index contributed by atoms with van der Waals surface area (Å²) in [4.78, 5) is 17.2. The predicted molar refractivity (Wildman–Crippen MR) is 109 cm³/mol. The van der Waals surface area contributed by atoms with E-state index in [9.17, 15) is 13.2 Å². The van der Waals surface area contributed by atoms with Gasteiger partial charge < -0.3 is 5.32 Å². The maximum Gasteiger partial charge on any atom is 0.261 e. The number of nitrogens with zero attached hydrogens (tertiary/aromatic N) is 4. The number of aromatic nitrogens is 3. The summed E-state index contributed by atoms with van der Waals surface area (Å²) in [6, 6.07) is 8.01. The van der Waals surface area contributed by atoms with Crippen LogP contribution < -0.4 is 5.32 Å². The molecule has 1 unspecified atom stereocenters. The van der Waals surface area contributed by atoms with E-state index in [1.165, 1.54) is 12.1 Å². The molecule has 1 aliphatic rings. The van der Waals surface area contributed by atoms with E-state index in [4.69, 9.17) is 0 Å². The molecule has 1 N–H and O–H groups in total. The normalized spacial score (nSPS) is 18.1. The molecule has 29 heavy (non-hydrogen) atoms. The summed E-state index contributed by atoms with van der Waals surface area (Å²) in [5.41, 5.74) is 1.95. The zero-order valence-electron chi connectivity index (χ0n) is 16.4. The van der Waals surface area contributed by atoms with Crippen LogP contribution in [0.4, 0.5) is 5.69 Å². The van der Waals surface area contributed by atoms with Crippen LogP contribution in [-0.2, 0) is 10.0 Å². The van der Waals surface area contributed by atoms with Crippen LogP contribution in [0.2, 0.25) is 0 Å². The summed E-state index contributed by atoms with van der Waals surface area (Å²) >= 11 is 0. The fraction of sp³-hybridized carbons (Fsp3) is 0.350. The van der Waals surface area contributed by atoms with Crippen molar-refractivity contribution in [2.75, 3.05) is 18.4 Å². The maximum atomic E-state index is 12.9. The van der Waals surface area contributed by atoms with Crippen LogP contribution in [0, 0.1) is 12.8 Å². The van der Waals surface area contributed by atoms with Gasteiger partial charge in [0.25, 0.3) is 5.91 Å². The van der Waals surface area contributed by atoms with Crippen molar-refractivity contribution in [1.29, 1.82) is 0 Å². The average Bonchev–Trinajstić information content (AvgIpc) is 3.04. The molecule has 0 aliphatic carbocycles. The van der Waals surface area contributed by atoms with Crippen molar-refractivity contribution >= 4 is 27.3 Å². The fourth-order valence-electron chi connectivity index (χ4n) is 3.68. The summed E-state index contributed by atoms with van der Waals surface area (Å²) in [5.74, 6) is 0.0245. The van der Waals surface area contributed by atoms with Gasteiger partial charge in [0, 0.05) is 31.2 Å². The van der Waals surface area contributed by atoms with E-state index in [2.05, 4.69) is 22.3 Å². The molecule has 1 aliphatic heterocycles. The summed E-state index contributed by atoms with van der Waals surface area (Å²) in [6.45, 7) is 4.91. The quantitative estimate of drug-likeness (QED) is 0.709. The number of piperidine rings is 1. The Kier molecular flexibility index (Phi) is 5.10. The molecule has 1 fully saturated rings. The lowest BCUT2D eigenvalue weighted by Gasteiger charge is -2.30. The second kappa shape index (κ2) is 7.57. The molecule has 0 spiro atoms. The molecule has 1 saturated heterocycles. The van der Waals surface area contributed by atoms with E-state index < -0.39 is 10.0 Å². The molecule has 2 aromatic heterocycles. The van der Waals surface area contributed by atoms with Crippen molar-refractivity contribution in [3.8, 4) is 0 Å². The molecule has 1 atom stereocenters. The van der Waals surface area contributed by atoms with Gasteiger partial charge in [0.2, 0.25) is 10.0 Å². The van der Waals surface area contributed by atoms with Gasteiger partial charge in [-0.3, -0.25) is 4.79 Å². The number of carbonyl (C=O) groups is 1. The molecule has 3 heterocycles. The van der Waals surface area contributed by atoms with Gasteiger partial charge in [-0.1, -0.05) is 6.92 Å². The van der Waals surface area contributed by atoms with Crippen molar-refractivity contribution < 1.29 is 13.2 Å². The van der Waals surface area contributed by atoms with Crippen LogP contribution >= 0.6 is 0 Å². The highest BCUT2D eigenvalue weighted by atomic mass is 32.2. The third-order valence-corrected chi connectivity index (χ3v) is 7.05. The van der Waals surface area contributed by atoms with Gasteiger partial charge in [0.15, 0.2) is 5.65 Å². The number of rotatable bonds is 4. The van der Waals surface area contributed by atoms with Crippen molar-refractivity contribution in [2.24, 2.45) is 5.92 Å². The topological polar surface area (TPSA) is 96.7 Å². The molecule has 0 radical (unpaired) electrons. The molecule has 4 rings (SSSR count). The van der Waals surface area contributed by atoms with Crippen LogP contribution in [0.1, 0.15) is 35.8 Å². The second-order valence-electron chi connectivity index (χ2n) is 7.44. The minimum atomic E-state index is -3.52. The van der Waals surface area contributed by atoms with E-state index in [0.29, 0.717) is 41.6 Å². The highest BCUT2D eigenvalue weighted by Gasteiger charge is 2.28. The number of hydrogen-bond acceptors (Lipinski definition) is 5.